The smallest absolute Gasteiger partial charge is 0.185 e. The van der Waals surface area contributed by atoms with Crippen LogP contribution in [0.2, 0.25) is 0 Å². The van der Waals surface area contributed by atoms with Crippen LogP contribution in [0.4, 0.5) is 0 Å². The Labute approximate surface area is 231 Å². The number of nitrogens with zero attached hydrogens (tertiary/aromatic N) is 2. The summed E-state index contributed by atoms with van der Waals surface area (Å²) in [6.07, 6.45) is 20.2. The third-order valence-electron chi connectivity index (χ3n) is 5.44. The number of hydrogen-bond donors (Lipinski definition) is 0. The van der Waals surface area contributed by atoms with Gasteiger partial charge < -0.3 is 23.1 Å². The lowest BCUT2D eigenvalue weighted by Gasteiger charge is -2.07. The van der Waals surface area contributed by atoms with Crippen molar-refractivity contribution in [1.29, 1.82) is 0 Å². The molecule has 0 aliphatic carbocycles. The molecule has 6 nitrogen and oxygen atoms in total. The summed E-state index contributed by atoms with van der Waals surface area (Å²) < 4.78 is 16.2. The summed E-state index contributed by atoms with van der Waals surface area (Å²) in [5, 5.41) is 0. The van der Waals surface area contributed by atoms with E-state index in [1.807, 2.05) is 30.7 Å². The van der Waals surface area contributed by atoms with E-state index >= 15 is 0 Å². The molecule has 3 heterocycles. The Hall–Kier alpha value is -1.84. The molecule has 3 aromatic rings. The summed E-state index contributed by atoms with van der Waals surface area (Å²) >= 11 is 2.41. The Kier molecular flexibility index (Phi) is 19.0. The number of carbonyl (C=O) groups is 1. The maximum atomic E-state index is 10.3. The maximum Gasteiger partial charge on any atom is 0.185 e. The fraction of sp³-hybridized carbons (Fsp3) is 0.552. The minimum atomic E-state index is 0.424. The molecule has 0 aliphatic heterocycles. The van der Waals surface area contributed by atoms with Gasteiger partial charge >= 0.3 is 0 Å². The van der Waals surface area contributed by atoms with Gasteiger partial charge in [-0.3, -0.25) is 4.79 Å². The number of alkyl halides is 1. The number of unbranched alkanes of at least 4 members (excludes halogenated alkanes) is 3. The summed E-state index contributed by atoms with van der Waals surface area (Å²) in [4.78, 5) is 14.7. The normalized spacial score (nSPS) is 10.6. The number of aryl methyl sites for hydroxylation is 3. The lowest BCUT2D eigenvalue weighted by Crippen LogP contribution is -2.12. The molecule has 0 fully saturated rings. The van der Waals surface area contributed by atoms with Gasteiger partial charge in [-0.15, -0.1) is 0 Å². The maximum absolute atomic E-state index is 10.3. The van der Waals surface area contributed by atoms with Crippen molar-refractivity contribution in [3.05, 3.63) is 72.0 Å². The van der Waals surface area contributed by atoms with Crippen LogP contribution in [0.3, 0.4) is 0 Å². The third-order valence-corrected chi connectivity index (χ3v) is 6.20. The summed E-state index contributed by atoms with van der Waals surface area (Å²) in [7, 11) is 8.36. The molecule has 0 spiro atoms. The molecular weight excluding hydrogens is 567 g/mol. The largest absolute Gasteiger partial charge is 0.472 e. The highest BCUT2D eigenvalue weighted by molar-refractivity contribution is 14.1. The molecule has 0 saturated heterocycles. The van der Waals surface area contributed by atoms with E-state index in [1.54, 1.807) is 18.8 Å². The SMILES string of the molecule is CN(C)CCCCc1ccoc1.CN(C)CCCCc1coc(C=O)c1.ICCCCc1ccoc1. The highest BCUT2D eigenvalue weighted by Crippen LogP contribution is 2.09. The van der Waals surface area contributed by atoms with Crippen LogP contribution in [-0.2, 0) is 19.3 Å². The molecule has 0 aliphatic rings. The number of aldehydes is 1. The Morgan fingerprint density at radius 1 is 0.722 bits per heavy atom. The number of furan rings is 3. The predicted octanol–water partition coefficient (Wildman–Crippen LogP) is 7.18. The number of halogens is 1. The van der Waals surface area contributed by atoms with E-state index in [-0.39, 0.29) is 0 Å². The lowest BCUT2D eigenvalue weighted by atomic mass is 10.1. The van der Waals surface area contributed by atoms with E-state index in [0.29, 0.717) is 5.76 Å². The first-order valence-electron chi connectivity index (χ1n) is 12.8. The van der Waals surface area contributed by atoms with Gasteiger partial charge in [-0.25, -0.2) is 0 Å². The Morgan fingerprint density at radius 2 is 1.22 bits per heavy atom. The highest BCUT2D eigenvalue weighted by atomic mass is 127. The van der Waals surface area contributed by atoms with Gasteiger partial charge in [0.1, 0.15) is 0 Å². The first-order valence-corrected chi connectivity index (χ1v) is 14.4. The van der Waals surface area contributed by atoms with Crippen molar-refractivity contribution in [3.8, 4) is 0 Å². The molecule has 0 N–H and O–H groups in total. The van der Waals surface area contributed by atoms with Crippen LogP contribution < -0.4 is 0 Å². The second-order valence-electron chi connectivity index (χ2n) is 9.41. The number of carbonyl (C=O) groups excluding carboxylic acids is 1. The molecule has 0 unspecified atom stereocenters. The van der Waals surface area contributed by atoms with Crippen LogP contribution in [0.15, 0.2) is 62.8 Å². The van der Waals surface area contributed by atoms with Crippen molar-refractivity contribution >= 4 is 28.9 Å². The zero-order valence-electron chi connectivity index (χ0n) is 22.6. The van der Waals surface area contributed by atoms with Gasteiger partial charge in [0.05, 0.1) is 31.3 Å². The van der Waals surface area contributed by atoms with Gasteiger partial charge in [0.25, 0.3) is 0 Å². The fourth-order valence-electron chi connectivity index (χ4n) is 3.40. The summed E-state index contributed by atoms with van der Waals surface area (Å²) in [6.45, 7) is 2.29. The van der Waals surface area contributed by atoms with Crippen molar-refractivity contribution in [1.82, 2.24) is 9.80 Å². The van der Waals surface area contributed by atoms with Crippen LogP contribution in [0, 0.1) is 0 Å². The molecule has 0 amide bonds. The van der Waals surface area contributed by atoms with E-state index < -0.39 is 0 Å². The molecule has 0 bridgehead atoms. The van der Waals surface area contributed by atoms with Crippen molar-refractivity contribution < 1.29 is 18.0 Å². The van der Waals surface area contributed by atoms with Gasteiger partial charge in [0.2, 0.25) is 0 Å². The Balaban J connectivity index is 0.000000274. The monoisotopic (exact) mass is 612 g/mol. The third kappa shape index (κ3) is 17.6. The van der Waals surface area contributed by atoms with Crippen LogP contribution >= 0.6 is 22.6 Å². The Morgan fingerprint density at radius 3 is 1.61 bits per heavy atom. The first-order chi connectivity index (χ1) is 17.4. The van der Waals surface area contributed by atoms with Crippen molar-refractivity contribution in [3.63, 3.8) is 0 Å². The van der Waals surface area contributed by atoms with Crippen LogP contribution in [0.25, 0.3) is 0 Å². The van der Waals surface area contributed by atoms with E-state index in [0.717, 1.165) is 37.7 Å². The van der Waals surface area contributed by atoms with Crippen LogP contribution in [0.5, 0.6) is 0 Å². The van der Waals surface area contributed by atoms with Crippen molar-refractivity contribution in [2.75, 3.05) is 45.7 Å². The van der Waals surface area contributed by atoms with Crippen molar-refractivity contribution in [2.45, 2.75) is 57.8 Å². The molecule has 36 heavy (non-hydrogen) atoms. The molecular formula is C29H45IN2O4. The molecule has 7 heteroatoms. The molecule has 3 rings (SSSR count). The fourth-order valence-corrected chi connectivity index (χ4v) is 3.93. The van der Waals surface area contributed by atoms with Gasteiger partial charge in [-0.05, 0) is 138 Å². The second kappa shape index (κ2) is 21.3. The molecule has 0 radical (unpaired) electrons. The minimum Gasteiger partial charge on any atom is -0.472 e. The highest BCUT2D eigenvalue weighted by Gasteiger charge is 2.00. The first kappa shape index (κ1) is 32.2. The topological polar surface area (TPSA) is 63.0 Å². The van der Waals surface area contributed by atoms with Crippen LogP contribution in [0.1, 0.15) is 65.8 Å². The van der Waals surface area contributed by atoms with Gasteiger partial charge in [0, 0.05) is 0 Å². The Bertz CT molecular complexity index is 858. The van der Waals surface area contributed by atoms with Crippen molar-refractivity contribution in [2.24, 2.45) is 0 Å². The molecule has 3 aromatic heterocycles. The number of hydrogen-bond acceptors (Lipinski definition) is 6. The van der Waals surface area contributed by atoms with E-state index in [1.165, 1.54) is 60.6 Å². The molecule has 202 valence electrons. The zero-order valence-corrected chi connectivity index (χ0v) is 24.7. The quantitative estimate of drug-likeness (QED) is 0.0785. The van der Waals surface area contributed by atoms with E-state index in [4.69, 9.17) is 13.3 Å². The average Bonchev–Trinajstić information content (AvgIpc) is 3.64. The molecule has 0 aromatic carbocycles. The van der Waals surface area contributed by atoms with E-state index in [9.17, 15) is 4.79 Å². The predicted molar refractivity (Wildman–Crippen MR) is 156 cm³/mol. The standard InChI is InChI=1S/C11H17NO2.C10H17NO.C8H11IO/c1-12(2)6-4-3-5-10-7-11(8-13)14-9-10;1-11(2)7-4-3-5-10-6-8-12-9-10;9-5-2-1-3-8-4-6-10-7-8/h7-9H,3-6H2,1-2H3;6,8-9H,3-5,7H2,1-2H3;4,6-7H,1-3,5H2. The summed E-state index contributed by atoms with van der Waals surface area (Å²) in [5.41, 5.74) is 3.75. The molecule has 0 saturated carbocycles. The van der Waals surface area contributed by atoms with E-state index in [2.05, 4.69) is 60.6 Å². The summed E-state index contributed by atoms with van der Waals surface area (Å²) in [6, 6.07) is 5.88. The summed E-state index contributed by atoms with van der Waals surface area (Å²) in [5.74, 6) is 0.424. The number of rotatable bonds is 15. The second-order valence-corrected chi connectivity index (χ2v) is 10.5. The van der Waals surface area contributed by atoms with Gasteiger partial charge in [0.15, 0.2) is 12.0 Å². The van der Waals surface area contributed by atoms with Gasteiger partial charge in [-0.1, -0.05) is 22.6 Å². The van der Waals surface area contributed by atoms with Crippen LogP contribution in [-0.4, -0.2) is 61.8 Å². The lowest BCUT2D eigenvalue weighted by molar-refractivity contribution is 0.110. The zero-order chi connectivity index (χ0) is 26.4. The molecule has 0 atom stereocenters. The van der Waals surface area contributed by atoms with Gasteiger partial charge in [-0.2, -0.15) is 0 Å². The minimum absolute atomic E-state index is 0.424. The average molecular weight is 613 g/mol.